The fourth-order valence-electron chi connectivity index (χ4n) is 3.93. The van der Waals surface area contributed by atoms with Crippen molar-refractivity contribution in [1.29, 1.82) is 0 Å². The summed E-state index contributed by atoms with van der Waals surface area (Å²) in [6.07, 6.45) is 0. The minimum atomic E-state index is -4.24. The summed E-state index contributed by atoms with van der Waals surface area (Å²) in [4.78, 5) is 28.0. The molecule has 0 saturated heterocycles. The number of sulfonamides is 1. The maximum absolute atomic E-state index is 14.0. The van der Waals surface area contributed by atoms with Crippen LogP contribution in [-0.4, -0.2) is 51.4 Å². The quantitative estimate of drug-likeness (QED) is 0.277. The van der Waals surface area contributed by atoms with Gasteiger partial charge in [0.2, 0.25) is 11.8 Å². The number of rotatable bonds is 11. The van der Waals surface area contributed by atoms with Gasteiger partial charge in [-0.2, -0.15) is 0 Å². The Kier molecular flexibility index (Phi) is 10.9. The summed E-state index contributed by atoms with van der Waals surface area (Å²) in [5, 5.41) is 3.35. The number of amides is 2. The van der Waals surface area contributed by atoms with E-state index in [1.165, 1.54) is 30.2 Å². The second-order valence-electron chi connectivity index (χ2n) is 8.94. The number of methoxy groups -OCH3 is 1. The SMILES string of the molecule is CCNC(=O)[C@@H](C)N(Cc1c(Cl)cccc1Cl)C(=O)CN(c1ccc(C)cc1)S(=O)(=O)c1ccc(OC)c(Br)c1. The van der Waals surface area contributed by atoms with Gasteiger partial charge in [-0.25, -0.2) is 8.42 Å². The van der Waals surface area contributed by atoms with Crippen LogP contribution < -0.4 is 14.4 Å². The van der Waals surface area contributed by atoms with Crippen molar-refractivity contribution in [2.75, 3.05) is 24.5 Å². The third-order valence-corrected chi connectivity index (χ3v) is 9.32. The molecule has 40 heavy (non-hydrogen) atoms. The van der Waals surface area contributed by atoms with Crippen LogP contribution in [0.3, 0.4) is 0 Å². The molecule has 0 aromatic heterocycles. The number of nitrogens with zero attached hydrogens (tertiary/aromatic N) is 2. The number of carbonyl (C=O) groups is 2. The average molecular weight is 671 g/mol. The fourth-order valence-corrected chi connectivity index (χ4v) is 6.58. The van der Waals surface area contributed by atoms with Crippen molar-refractivity contribution in [2.45, 2.75) is 38.3 Å². The number of halogens is 3. The average Bonchev–Trinajstić information content (AvgIpc) is 2.91. The number of likely N-dealkylation sites (N-methyl/N-ethyl adjacent to an activating group) is 1. The summed E-state index contributed by atoms with van der Waals surface area (Å²) < 4.78 is 34.6. The van der Waals surface area contributed by atoms with E-state index in [1.807, 2.05) is 6.92 Å². The Hall–Kier alpha value is -2.79. The van der Waals surface area contributed by atoms with Gasteiger partial charge in [-0.05, 0) is 79.2 Å². The summed E-state index contributed by atoms with van der Waals surface area (Å²) in [5.74, 6) is -0.565. The molecular weight excluding hydrogens is 641 g/mol. The molecule has 1 N–H and O–H groups in total. The minimum absolute atomic E-state index is 0.0500. The molecule has 214 valence electrons. The second kappa shape index (κ2) is 13.7. The molecule has 3 aromatic rings. The summed E-state index contributed by atoms with van der Waals surface area (Å²) in [5.41, 5.74) is 1.64. The second-order valence-corrected chi connectivity index (χ2v) is 12.5. The molecule has 1 atom stereocenters. The molecule has 12 heteroatoms. The largest absolute Gasteiger partial charge is 0.496 e. The van der Waals surface area contributed by atoms with Gasteiger partial charge in [0, 0.05) is 28.7 Å². The number of hydrogen-bond donors (Lipinski definition) is 1. The van der Waals surface area contributed by atoms with Gasteiger partial charge in [0.1, 0.15) is 18.3 Å². The van der Waals surface area contributed by atoms with E-state index in [0.29, 0.717) is 32.4 Å². The zero-order valence-electron chi connectivity index (χ0n) is 22.4. The minimum Gasteiger partial charge on any atom is -0.496 e. The Balaban J connectivity index is 2.08. The number of carbonyl (C=O) groups excluding carboxylic acids is 2. The van der Waals surface area contributed by atoms with Crippen LogP contribution in [0.25, 0.3) is 0 Å². The number of benzene rings is 3. The van der Waals surface area contributed by atoms with Crippen molar-refractivity contribution in [1.82, 2.24) is 10.2 Å². The molecule has 0 unspecified atom stereocenters. The molecule has 0 aliphatic rings. The number of nitrogens with one attached hydrogen (secondary N) is 1. The molecule has 3 aromatic carbocycles. The van der Waals surface area contributed by atoms with Gasteiger partial charge < -0.3 is 15.0 Å². The molecule has 0 spiro atoms. The van der Waals surface area contributed by atoms with Crippen molar-refractivity contribution in [3.63, 3.8) is 0 Å². The lowest BCUT2D eigenvalue weighted by Crippen LogP contribution is -2.51. The van der Waals surface area contributed by atoms with Crippen LogP contribution in [0.1, 0.15) is 25.0 Å². The van der Waals surface area contributed by atoms with Gasteiger partial charge in [-0.15, -0.1) is 0 Å². The summed E-state index contributed by atoms with van der Waals surface area (Å²) in [6, 6.07) is 15.1. The summed E-state index contributed by atoms with van der Waals surface area (Å²) >= 11 is 16.1. The third kappa shape index (κ3) is 7.28. The molecule has 0 bridgehead atoms. The summed E-state index contributed by atoms with van der Waals surface area (Å²) in [7, 11) is -2.77. The predicted octanol–water partition coefficient (Wildman–Crippen LogP) is 5.82. The van der Waals surface area contributed by atoms with Crippen LogP contribution >= 0.6 is 39.1 Å². The first kappa shape index (κ1) is 31.7. The standard InChI is InChI=1S/C28H30BrCl2N3O5S/c1-5-32-28(36)19(3)33(16-22-24(30)7-6-8-25(22)31)27(35)17-34(20-11-9-18(2)10-12-20)40(37,38)21-13-14-26(39-4)23(29)15-21/h6-15,19H,5,16-17H2,1-4H3,(H,32,36)/t19-/m1/s1. The van der Waals surface area contributed by atoms with Crippen LogP contribution in [0.15, 0.2) is 70.0 Å². The molecular formula is C28H30BrCl2N3O5S. The Morgan fingerprint density at radius 3 is 2.23 bits per heavy atom. The van der Waals surface area contributed by atoms with Crippen molar-refractivity contribution in [2.24, 2.45) is 0 Å². The highest BCUT2D eigenvalue weighted by atomic mass is 79.9. The predicted molar refractivity (Wildman–Crippen MR) is 162 cm³/mol. The molecule has 0 saturated carbocycles. The lowest BCUT2D eigenvalue weighted by Gasteiger charge is -2.32. The molecule has 3 rings (SSSR count). The lowest BCUT2D eigenvalue weighted by molar-refractivity contribution is -0.139. The monoisotopic (exact) mass is 669 g/mol. The molecule has 0 heterocycles. The van der Waals surface area contributed by atoms with Crippen LogP contribution in [0, 0.1) is 6.92 Å². The Bertz CT molecular complexity index is 1470. The van der Waals surface area contributed by atoms with Gasteiger partial charge in [0.05, 0.1) is 22.2 Å². The Morgan fingerprint density at radius 1 is 1.05 bits per heavy atom. The van der Waals surface area contributed by atoms with Crippen LogP contribution in [0.4, 0.5) is 5.69 Å². The van der Waals surface area contributed by atoms with Gasteiger partial charge in [0.15, 0.2) is 0 Å². The zero-order valence-corrected chi connectivity index (χ0v) is 26.4. The molecule has 0 aliphatic carbocycles. The first-order valence-corrected chi connectivity index (χ1v) is 15.3. The first-order valence-electron chi connectivity index (χ1n) is 12.3. The smallest absolute Gasteiger partial charge is 0.264 e. The van der Waals surface area contributed by atoms with E-state index in [4.69, 9.17) is 27.9 Å². The van der Waals surface area contributed by atoms with Crippen molar-refractivity contribution >= 4 is 66.7 Å². The lowest BCUT2D eigenvalue weighted by atomic mass is 10.1. The zero-order chi connectivity index (χ0) is 29.6. The van der Waals surface area contributed by atoms with Crippen molar-refractivity contribution in [3.05, 3.63) is 86.3 Å². The molecule has 2 amide bonds. The Morgan fingerprint density at radius 2 is 1.68 bits per heavy atom. The van der Waals surface area contributed by atoms with E-state index in [9.17, 15) is 18.0 Å². The van der Waals surface area contributed by atoms with Gasteiger partial charge in [-0.3, -0.25) is 13.9 Å². The highest BCUT2D eigenvalue weighted by Gasteiger charge is 2.33. The highest BCUT2D eigenvalue weighted by Crippen LogP contribution is 2.32. The number of ether oxygens (including phenoxy) is 1. The normalized spacial score (nSPS) is 12.0. The van der Waals surface area contributed by atoms with Crippen molar-refractivity contribution in [3.8, 4) is 5.75 Å². The Labute approximate surface area is 253 Å². The molecule has 0 radical (unpaired) electrons. The van der Waals surface area contributed by atoms with E-state index in [1.54, 1.807) is 56.3 Å². The van der Waals surface area contributed by atoms with E-state index in [2.05, 4.69) is 21.2 Å². The maximum Gasteiger partial charge on any atom is 0.264 e. The molecule has 8 nitrogen and oxygen atoms in total. The number of aryl methyl sites for hydroxylation is 1. The van der Waals surface area contributed by atoms with E-state index >= 15 is 0 Å². The van der Waals surface area contributed by atoms with Gasteiger partial charge >= 0.3 is 0 Å². The highest BCUT2D eigenvalue weighted by molar-refractivity contribution is 9.10. The third-order valence-electron chi connectivity index (χ3n) is 6.22. The fraction of sp³-hybridized carbons (Fsp3) is 0.286. The van der Waals surface area contributed by atoms with Crippen LogP contribution in [-0.2, 0) is 26.2 Å². The topological polar surface area (TPSA) is 96.0 Å². The molecule has 0 fully saturated rings. The van der Waals surface area contributed by atoms with Crippen molar-refractivity contribution < 1.29 is 22.7 Å². The van der Waals surface area contributed by atoms with E-state index in [-0.39, 0.29) is 17.1 Å². The maximum atomic E-state index is 14.0. The first-order chi connectivity index (χ1) is 18.9. The van der Waals surface area contributed by atoms with E-state index in [0.717, 1.165) is 9.87 Å². The summed E-state index contributed by atoms with van der Waals surface area (Å²) in [6.45, 7) is 4.87. The number of hydrogen-bond acceptors (Lipinski definition) is 5. The van der Waals surface area contributed by atoms with E-state index < -0.39 is 34.4 Å². The molecule has 0 aliphatic heterocycles. The number of anilines is 1. The van der Waals surface area contributed by atoms with Gasteiger partial charge in [-0.1, -0.05) is 47.0 Å². The van der Waals surface area contributed by atoms with Gasteiger partial charge in [0.25, 0.3) is 10.0 Å². The van der Waals surface area contributed by atoms with Crippen LogP contribution in [0.5, 0.6) is 5.75 Å². The van der Waals surface area contributed by atoms with Crippen LogP contribution in [0.2, 0.25) is 10.0 Å².